The number of carbonyl (C=O) groups is 1. The minimum absolute atomic E-state index is 0.00318. The van der Waals surface area contributed by atoms with Gasteiger partial charge in [0.05, 0.1) is 23.1 Å². The van der Waals surface area contributed by atoms with E-state index >= 15 is 0 Å². The smallest absolute Gasteiger partial charge is 0.487 e. The third kappa shape index (κ3) is 4.65. The minimum Gasteiger partial charge on any atom is -0.487 e. The van der Waals surface area contributed by atoms with Crippen LogP contribution in [0.25, 0.3) is 10.9 Å². The highest BCUT2D eigenvalue weighted by molar-refractivity contribution is 7.70. The van der Waals surface area contributed by atoms with Crippen LogP contribution < -0.4 is 20.2 Å². The number of carboxylic acid groups (broad SMARTS) is 1. The summed E-state index contributed by atoms with van der Waals surface area (Å²) in [6, 6.07) is 0.424. The summed E-state index contributed by atoms with van der Waals surface area (Å²) >= 11 is 0. The molecule has 0 amide bonds. The van der Waals surface area contributed by atoms with E-state index in [1.165, 1.54) is 4.57 Å². The van der Waals surface area contributed by atoms with Crippen LogP contribution in [-0.2, 0) is 9.13 Å². The van der Waals surface area contributed by atoms with Crippen LogP contribution in [0.1, 0.15) is 19.4 Å². The molecule has 1 aliphatic heterocycles. The molecule has 0 spiro atoms. The zero-order valence-electron chi connectivity index (χ0n) is 16.3. The summed E-state index contributed by atoms with van der Waals surface area (Å²) < 4.78 is 49.2. The molecule has 176 valence electrons. The van der Waals surface area contributed by atoms with Crippen molar-refractivity contribution in [2.24, 2.45) is 0 Å². The summed E-state index contributed by atoms with van der Waals surface area (Å²) in [5.74, 6) is -1.67. The number of ether oxygens (including phenoxy) is 2. The normalized spacial score (nSPS) is 16.2. The van der Waals surface area contributed by atoms with E-state index in [2.05, 4.69) is 10.1 Å². The second kappa shape index (κ2) is 8.47. The fraction of sp³-hybridized carbons (Fsp3) is 0.375. The first-order valence-corrected chi connectivity index (χ1v) is 12.4. The number of halogens is 1. The second-order valence-electron chi connectivity index (χ2n) is 7.09. The van der Waals surface area contributed by atoms with E-state index in [1.54, 1.807) is 6.92 Å². The van der Waals surface area contributed by atoms with E-state index in [0.717, 1.165) is 12.3 Å². The highest BCUT2D eigenvalue weighted by atomic mass is 31.2. The molecule has 0 radical (unpaired) electrons. The Morgan fingerprint density at radius 2 is 1.97 bits per heavy atom. The number of rotatable bonds is 7. The standard InChI is InChI=1S/C16H19FN2O11P2/c1-7-6-29-15-12(18-3-2-11(31(23,24)25)32(26,27)28)9(17)4-8-13(15)19(7)5-10(14(8)20)30-16(21)22/h4-5,7,11,18H,2-3,6H2,1H3,(H,21,22)(H2,23,24,25)(H2,26,27,28). The molecule has 0 aliphatic carbocycles. The van der Waals surface area contributed by atoms with Crippen LogP contribution in [0.5, 0.6) is 11.5 Å². The zero-order valence-corrected chi connectivity index (χ0v) is 18.1. The highest BCUT2D eigenvalue weighted by Crippen LogP contribution is 2.61. The third-order valence-corrected chi connectivity index (χ3v) is 8.69. The van der Waals surface area contributed by atoms with Gasteiger partial charge in [0.1, 0.15) is 12.3 Å². The maximum atomic E-state index is 14.8. The van der Waals surface area contributed by atoms with Gasteiger partial charge in [0.15, 0.2) is 22.7 Å². The molecule has 3 rings (SSSR count). The number of anilines is 1. The molecule has 0 fully saturated rings. The molecular weight excluding hydrogens is 477 g/mol. The highest BCUT2D eigenvalue weighted by Gasteiger charge is 2.42. The molecule has 0 bridgehead atoms. The van der Waals surface area contributed by atoms with Gasteiger partial charge in [-0.1, -0.05) is 0 Å². The third-order valence-electron chi connectivity index (χ3n) is 4.81. The molecule has 1 atom stereocenters. The Morgan fingerprint density at radius 1 is 1.34 bits per heavy atom. The lowest BCUT2D eigenvalue weighted by atomic mass is 10.1. The van der Waals surface area contributed by atoms with Crippen LogP contribution in [0.2, 0.25) is 0 Å². The molecule has 1 aromatic heterocycles. The van der Waals surface area contributed by atoms with Crippen LogP contribution >= 0.6 is 15.2 Å². The summed E-state index contributed by atoms with van der Waals surface area (Å²) in [5.41, 5.74) is -1.07. The summed E-state index contributed by atoms with van der Waals surface area (Å²) in [6.45, 7) is 1.25. The maximum absolute atomic E-state index is 14.8. The Balaban J connectivity index is 2.04. The summed E-state index contributed by atoms with van der Waals surface area (Å²) in [7, 11) is -10.3. The summed E-state index contributed by atoms with van der Waals surface area (Å²) in [5, 5.41) is 8.83. The molecule has 16 heteroatoms. The van der Waals surface area contributed by atoms with Gasteiger partial charge in [0, 0.05) is 6.54 Å². The molecule has 1 aliphatic rings. The average molecular weight is 496 g/mol. The predicted octanol–water partition coefficient (Wildman–Crippen LogP) is 1.63. The Hall–Kier alpha value is -2.47. The Labute approximate surface area is 178 Å². The van der Waals surface area contributed by atoms with E-state index < -0.39 is 62.7 Å². The number of aromatic nitrogens is 1. The lowest BCUT2D eigenvalue weighted by Crippen LogP contribution is -2.26. The fourth-order valence-electron chi connectivity index (χ4n) is 3.39. The van der Waals surface area contributed by atoms with Gasteiger partial charge >= 0.3 is 21.3 Å². The van der Waals surface area contributed by atoms with Crippen LogP contribution in [0.3, 0.4) is 0 Å². The first-order valence-electron chi connectivity index (χ1n) is 9.01. The number of hydrogen-bond donors (Lipinski definition) is 6. The van der Waals surface area contributed by atoms with Crippen molar-refractivity contribution in [1.82, 2.24) is 4.57 Å². The van der Waals surface area contributed by atoms with E-state index in [1.807, 2.05) is 0 Å². The fourth-order valence-corrected chi connectivity index (χ4v) is 5.89. The minimum atomic E-state index is -5.15. The molecular formula is C16H19FN2O11P2. The molecule has 32 heavy (non-hydrogen) atoms. The zero-order chi connectivity index (χ0) is 24.0. The van der Waals surface area contributed by atoms with Crippen LogP contribution in [-0.4, -0.2) is 54.0 Å². The van der Waals surface area contributed by atoms with Crippen molar-refractivity contribution in [1.29, 1.82) is 0 Å². The van der Waals surface area contributed by atoms with Crippen molar-refractivity contribution < 1.29 is 52.5 Å². The lowest BCUT2D eigenvalue weighted by molar-refractivity contribution is 0.143. The van der Waals surface area contributed by atoms with E-state index in [-0.39, 0.29) is 28.9 Å². The van der Waals surface area contributed by atoms with E-state index in [0.29, 0.717) is 0 Å². The monoisotopic (exact) mass is 496 g/mol. The Kier molecular flexibility index (Phi) is 6.40. The van der Waals surface area contributed by atoms with Crippen molar-refractivity contribution in [3.8, 4) is 11.5 Å². The molecule has 13 nitrogen and oxygen atoms in total. The van der Waals surface area contributed by atoms with Crippen molar-refractivity contribution in [2.75, 3.05) is 18.5 Å². The average Bonchev–Trinajstić information content (AvgIpc) is 2.63. The van der Waals surface area contributed by atoms with E-state index in [9.17, 15) is 42.7 Å². The predicted molar refractivity (Wildman–Crippen MR) is 108 cm³/mol. The van der Waals surface area contributed by atoms with Gasteiger partial charge in [0.2, 0.25) is 5.43 Å². The number of nitrogens with one attached hydrogen (secondary N) is 1. The molecule has 1 aromatic carbocycles. The summed E-state index contributed by atoms with van der Waals surface area (Å²) in [6.07, 6.45) is -1.27. The molecule has 2 heterocycles. The SMILES string of the molecule is CC1COc2c(NCCC(P(=O)(O)O)P(=O)(O)O)c(F)cc3c(=O)c(OC(=O)O)cn1c23. The van der Waals surface area contributed by atoms with Crippen LogP contribution in [0.15, 0.2) is 17.1 Å². The van der Waals surface area contributed by atoms with Gasteiger partial charge in [-0.15, -0.1) is 0 Å². The Bertz CT molecular complexity index is 1210. The van der Waals surface area contributed by atoms with E-state index in [4.69, 9.17) is 9.84 Å². The molecule has 1 unspecified atom stereocenters. The summed E-state index contributed by atoms with van der Waals surface area (Å²) in [4.78, 5) is 60.3. The van der Waals surface area contributed by atoms with Crippen molar-refractivity contribution in [3.05, 3.63) is 28.3 Å². The van der Waals surface area contributed by atoms with Gasteiger partial charge in [-0.25, -0.2) is 9.18 Å². The largest absolute Gasteiger partial charge is 0.511 e. The maximum Gasteiger partial charge on any atom is 0.511 e. The molecule has 0 saturated carbocycles. The lowest BCUT2D eigenvalue weighted by Gasteiger charge is -2.29. The van der Waals surface area contributed by atoms with Crippen molar-refractivity contribution in [3.63, 3.8) is 0 Å². The number of nitrogens with zero attached hydrogens (tertiary/aromatic N) is 1. The number of hydrogen-bond acceptors (Lipinski definition) is 7. The number of pyridine rings is 1. The van der Waals surface area contributed by atoms with Gasteiger partial charge in [-0.3, -0.25) is 13.9 Å². The molecule has 0 saturated heterocycles. The second-order valence-corrected chi connectivity index (χ2v) is 11.1. The quantitative estimate of drug-likeness (QED) is 0.239. The van der Waals surface area contributed by atoms with Gasteiger partial charge in [0.25, 0.3) is 0 Å². The van der Waals surface area contributed by atoms with Gasteiger partial charge in [-0.05, 0) is 19.4 Å². The van der Waals surface area contributed by atoms with Crippen LogP contribution in [0.4, 0.5) is 14.9 Å². The van der Waals surface area contributed by atoms with Crippen molar-refractivity contribution >= 4 is 37.9 Å². The van der Waals surface area contributed by atoms with Crippen LogP contribution in [0, 0.1) is 5.82 Å². The Morgan fingerprint density at radius 3 is 2.53 bits per heavy atom. The first-order chi connectivity index (χ1) is 14.7. The topological polar surface area (TPSA) is 205 Å². The first kappa shape index (κ1) is 24.2. The molecule has 2 aromatic rings. The molecule has 6 N–H and O–H groups in total. The van der Waals surface area contributed by atoms with Crippen molar-refractivity contribution in [2.45, 2.75) is 24.8 Å². The number of benzene rings is 1. The van der Waals surface area contributed by atoms with Gasteiger partial charge in [-0.2, -0.15) is 0 Å². The van der Waals surface area contributed by atoms with Gasteiger partial charge < -0.3 is 44.0 Å².